The van der Waals surface area contributed by atoms with Crippen LogP contribution in [0.15, 0.2) is 76.6 Å². The number of carbonyl (C=O) groups is 2. The van der Waals surface area contributed by atoms with Crippen molar-refractivity contribution in [2.75, 3.05) is 4.90 Å². The van der Waals surface area contributed by atoms with Crippen LogP contribution in [0.4, 0.5) is 9.52 Å². The molecule has 1 aromatic heterocycles. The van der Waals surface area contributed by atoms with Gasteiger partial charge in [0.2, 0.25) is 5.13 Å². The molecular formula is C27H18Cl2FN3O3S2. The highest BCUT2D eigenvalue weighted by Crippen LogP contribution is 2.46. The first-order chi connectivity index (χ1) is 18.2. The fourth-order valence-electron chi connectivity index (χ4n) is 4.00. The van der Waals surface area contributed by atoms with Crippen LogP contribution in [0.3, 0.4) is 0 Å². The lowest BCUT2D eigenvalue weighted by molar-refractivity contribution is -0.132. The van der Waals surface area contributed by atoms with E-state index in [4.69, 9.17) is 23.2 Å². The molecule has 1 N–H and O–H groups in total. The average Bonchev–Trinajstić information content (AvgIpc) is 3.46. The van der Waals surface area contributed by atoms with Gasteiger partial charge in [-0.05, 0) is 42.3 Å². The maximum absolute atomic E-state index is 13.3. The standard InChI is InChI=1S/C27H18Cl2FN3O3S2/c1-14-2-6-16(7-3-14)23(34)21-22(19-11-8-17(28)12-20(19)29)33(25(36)24(21)35)26-31-32-27(38-26)37-13-15-4-9-18(30)10-5-15/h2-12,22,34H,13H2,1H3/b23-21-. The van der Waals surface area contributed by atoms with Gasteiger partial charge in [0.25, 0.3) is 5.78 Å². The zero-order valence-electron chi connectivity index (χ0n) is 19.7. The molecule has 3 aromatic carbocycles. The van der Waals surface area contributed by atoms with Crippen LogP contribution in [0.25, 0.3) is 5.76 Å². The normalized spacial score (nSPS) is 16.8. The second kappa shape index (κ2) is 10.9. The highest BCUT2D eigenvalue weighted by atomic mass is 35.5. The predicted octanol–water partition coefficient (Wildman–Crippen LogP) is 7.21. The number of hydrogen-bond acceptors (Lipinski definition) is 7. The number of amides is 1. The summed E-state index contributed by atoms with van der Waals surface area (Å²) in [6, 6.07) is 16.7. The van der Waals surface area contributed by atoms with Crippen molar-refractivity contribution in [1.29, 1.82) is 0 Å². The lowest BCUT2D eigenvalue weighted by atomic mass is 9.95. The minimum Gasteiger partial charge on any atom is -0.507 e. The number of halogens is 3. The number of aryl methyl sites for hydroxylation is 1. The van der Waals surface area contributed by atoms with Crippen LogP contribution < -0.4 is 4.90 Å². The molecule has 6 nitrogen and oxygen atoms in total. The number of Topliss-reactive ketones (excluding diaryl/α,β-unsaturated/α-hetero) is 1. The summed E-state index contributed by atoms with van der Waals surface area (Å²) < 4.78 is 13.8. The smallest absolute Gasteiger partial charge is 0.301 e. The van der Waals surface area contributed by atoms with E-state index in [0.29, 0.717) is 26.2 Å². The van der Waals surface area contributed by atoms with Crippen LogP contribution in [0.1, 0.15) is 28.3 Å². The van der Waals surface area contributed by atoms with Gasteiger partial charge in [0.05, 0.1) is 11.6 Å². The molecule has 1 aliphatic heterocycles. The Kier molecular flexibility index (Phi) is 7.54. The summed E-state index contributed by atoms with van der Waals surface area (Å²) in [4.78, 5) is 27.9. The number of aliphatic hydroxyl groups excluding tert-OH is 1. The van der Waals surface area contributed by atoms with E-state index in [1.165, 1.54) is 34.9 Å². The Morgan fingerprint density at radius 1 is 1.05 bits per heavy atom. The molecular weight excluding hydrogens is 568 g/mol. The number of thioether (sulfide) groups is 1. The SMILES string of the molecule is Cc1ccc(/C(O)=C2/C(=O)C(=O)N(c3nnc(SCc4ccc(F)cc4)s3)C2c2ccc(Cl)cc2Cl)cc1. The number of aromatic nitrogens is 2. The van der Waals surface area contributed by atoms with Gasteiger partial charge in [-0.3, -0.25) is 14.5 Å². The molecule has 2 heterocycles. The molecule has 0 spiro atoms. The lowest BCUT2D eigenvalue weighted by Crippen LogP contribution is -2.29. The van der Waals surface area contributed by atoms with Crippen LogP contribution in [0.5, 0.6) is 0 Å². The maximum Gasteiger partial charge on any atom is 0.301 e. The van der Waals surface area contributed by atoms with Crippen LogP contribution in [0.2, 0.25) is 10.0 Å². The highest BCUT2D eigenvalue weighted by molar-refractivity contribution is 8.00. The number of ketones is 1. The molecule has 0 radical (unpaired) electrons. The zero-order chi connectivity index (χ0) is 27.0. The number of hydrogen-bond donors (Lipinski definition) is 1. The Morgan fingerprint density at radius 2 is 1.76 bits per heavy atom. The first kappa shape index (κ1) is 26.4. The fourth-order valence-corrected chi connectivity index (χ4v) is 6.33. The molecule has 1 amide bonds. The molecule has 1 atom stereocenters. The van der Waals surface area contributed by atoms with Gasteiger partial charge in [0, 0.05) is 21.4 Å². The van der Waals surface area contributed by atoms with E-state index in [2.05, 4.69) is 10.2 Å². The Hall–Kier alpha value is -3.24. The van der Waals surface area contributed by atoms with E-state index in [1.54, 1.807) is 48.5 Å². The van der Waals surface area contributed by atoms with Crippen LogP contribution in [-0.4, -0.2) is 27.0 Å². The van der Waals surface area contributed by atoms with Crippen molar-refractivity contribution >= 4 is 68.9 Å². The van der Waals surface area contributed by atoms with Gasteiger partial charge in [-0.25, -0.2) is 4.39 Å². The van der Waals surface area contributed by atoms with Crippen LogP contribution in [0, 0.1) is 12.7 Å². The summed E-state index contributed by atoms with van der Waals surface area (Å²) >= 11 is 15.1. The van der Waals surface area contributed by atoms with Gasteiger partial charge in [0.15, 0.2) is 4.34 Å². The third-order valence-corrected chi connectivity index (χ3v) is 8.59. The van der Waals surface area contributed by atoms with Crippen molar-refractivity contribution in [3.8, 4) is 0 Å². The van der Waals surface area contributed by atoms with E-state index < -0.39 is 17.7 Å². The summed E-state index contributed by atoms with van der Waals surface area (Å²) in [5, 5.41) is 20.4. The average molecular weight is 586 g/mol. The molecule has 0 bridgehead atoms. The van der Waals surface area contributed by atoms with Gasteiger partial charge in [0.1, 0.15) is 11.6 Å². The quantitative estimate of drug-likeness (QED) is 0.0845. The molecule has 0 saturated carbocycles. The fraction of sp³-hybridized carbons (Fsp3) is 0.111. The molecule has 4 aromatic rings. The summed E-state index contributed by atoms with van der Waals surface area (Å²) in [7, 11) is 0. The molecule has 1 saturated heterocycles. The largest absolute Gasteiger partial charge is 0.507 e. The van der Waals surface area contributed by atoms with Crippen molar-refractivity contribution in [3.63, 3.8) is 0 Å². The van der Waals surface area contributed by atoms with E-state index in [9.17, 15) is 19.1 Å². The molecule has 1 unspecified atom stereocenters. The topological polar surface area (TPSA) is 83.4 Å². The van der Waals surface area contributed by atoms with Gasteiger partial charge >= 0.3 is 5.91 Å². The Bertz CT molecular complexity index is 1570. The molecule has 1 fully saturated rings. The van der Waals surface area contributed by atoms with Crippen molar-refractivity contribution in [1.82, 2.24) is 10.2 Å². The summed E-state index contributed by atoms with van der Waals surface area (Å²) in [6.07, 6.45) is 0. The minimum absolute atomic E-state index is 0.112. The number of anilines is 1. The van der Waals surface area contributed by atoms with E-state index in [1.807, 2.05) is 6.92 Å². The van der Waals surface area contributed by atoms with Gasteiger partial charge in [-0.1, -0.05) is 94.3 Å². The molecule has 38 heavy (non-hydrogen) atoms. The van der Waals surface area contributed by atoms with Crippen molar-refractivity contribution < 1.29 is 19.1 Å². The minimum atomic E-state index is -1.05. The monoisotopic (exact) mass is 585 g/mol. The highest BCUT2D eigenvalue weighted by Gasteiger charge is 2.49. The number of aliphatic hydroxyl groups is 1. The summed E-state index contributed by atoms with van der Waals surface area (Å²) in [6.45, 7) is 1.90. The van der Waals surface area contributed by atoms with Crippen LogP contribution >= 0.6 is 46.3 Å². The number of nitrogens with zero attached hydrogens (tertiary/aromatic N) is 3. The van der Waals surface area contributed by atoms with Crippen molar-refractivity contribution in [3.05, 3.63) is 110 Å². The summed E-state index contributed by atoms with van der Waals surface area (Å²) in [5.74, 6) is -1.86. The zero-order valence-corrected chi connectivity index (χ0v) is 22.8. The van der Waals surface area contributed by atoms with Crippen LogP contribution in [-0.2, 0) is 15.3 Å². The second-order valence-electron chi connectivity index (χ2n) is 8.47. The molecule has 192 valence electrons. The van der Waals surface area contributed by atoms with E-state index >= 15 is 0 Å². The van der Waals surface area contributed by atoms with Crippen molar-refractivity contribution in [2.24, 2.45) is 0 Å². The Morgan fingerprint density at radius 3 is 2.45 bits per heavy atom. The number of benzene rings is 3. The predicted molar refractivity (Wildman–Crippen MR) is 148 cm³/mol. The van der Waals surface area contributed by atoms with Gasteiger partial charge in [-0.15, -0.1) is 10.2 Å². The van der Waals surface area contributed by atoms with E-state index in [0.717, 1.165) is 22.5 Å². The first-order valence-corrected chi connectivity index (χ1v) is 13.8. The molecule has 1 aliphatic rings. The summed E-state index contributed by atoms with van der Waals surface area (Å²) in [5.41, 5.74) is 2.54. The lowest BCUT2D eigenvalue weighted by Gasteiger charge is -2.23. The number of carbonyl (C=O) groups excluding carboxylic acids is 2. The molecule has 0 aliphatic carbocycles. The van der Waals surface area contributed by atoms with E-state index in [-0.39, 0.29) is 27.3 Å². The Labute approximate surface area is 235 Å². The second-order valence-corrected chi connectivity index (χ2v) is 11.5. The third kappa shape index (κ3) is 5.19. The third-order valence-electron chi connectivity index (χ3n) is 5.90. The Balaban J connectivity index is 1.56. The molecule has 5 rings (SSSR count). The first-order valence-electron chi connectivity index (χ1n) is 11.3. The van der Waals surface area contributed by atoms with Crippen molar-refractivity contribution in [2.45, 2.75) is 23.1 Å². The van der Waals surface area contributed by atoms with Gasteiger partial charge in [-0.2, -0.15) is 0 Å². The molecule has 11 heteroatoms. The maximum atomic E-state index is 13.3. The number of rotatable bonds is 6. The van der Waals surface area contributed by atoms with Gasteiger partial charge < -0.3 is 5.11 Å².